The number of halogens is 2. The first-order chi connectivity index (χ1) is 8.00. The van der Waals surface area contributed by atoms with E-state index in [0.717, 1.165) is 0 Å². The third-order valence-corrected chi connectivity index (χ3v) is 2.70. The van der Waals surface area contributed by atoms with Gasteiger partial charge in [-0.25, -0.2) is 8.78 Å². The van der Waals surface area contributed by atoms with Gasteiger partial charge in [-0.15, -0.1) is 0 Å². The maximum atomic E-state index is 13.8. The number of furan rings is 1. The van der Waals surface area contributed by atoms with Crippen molar-refractivity contribution in [3.63, 3.8) is 0 Å². The van der Waals surface area contributed by atoms with Gasteiger partial charge >= 0.3 is 0 Å². The van der Waals surface area contributed by atoms with Crippen molar-refractivity contribution in [3.8, 4) is 0 Å². The van der Waals surface area contributed by atoms with E-state index in [4.69, 9.17) is 10.2 Å². The van der Waals surface area contributed by atoms with Crippen LogP contribution in [0.3, 0.4) is 0 Å². The summed E-state index contributed by atoms with van der Waals surface area (Å²) in [6.45, 7) is 3.32. The second kappa shape index (κ2) is 4.30. The normalized spacial score (nSPS) is 12.8. The zero-order valence-corrected chi connectivity index (χ0v) is 9.63. The topological polar surface area (TPSA) is 39.2 Å². The summed E-state index contributed by atoms with van der Waals surface area (Å²) in [5.74, 6) is -0.268. The monoisotopic (exact) mass is 237 g/mol. The van der Waals surface area contributed by atoms with Crippen molar-refractivity contribution < 1.29 is 13.2 Å². The largest absolute Gasteiger partial charge is 0.464 e. The van der Waals surface area contributed by atoms with Gasteiger partial charge in [-0.3, -0.25) is 0 Å². The van der Waals surface area contributed by atoms with Crippen molar-refractivity contribution in [2.24, 2.45) is 5.73 Å². The molecule has 0 amide bonds. The molecule has 1 aromatic heterocycles. The molecule has 1 aromatic carbocycles. The summed E-state index contributed by atoms with van der Waals surface area (Å²) in [6.07, 6.45) is 0. The highest BCUT2D eigenvalue weighted by Crippen LogP contribution is 2.27. The molecule has 0 aliphatic carbocycles. The molecule has 1 atom stereocenters. The molecule has 2 N–H and O–H groups in total. The lowest BCUT2D eigenvalue weighted by molar-refractivity contribution is 0.448. The summed E-state index contributed by atoms with van der Waals surface area (Å²) < 4.78 is 32.7. The van der Waals surface area contributed by atoms with Crippen LogP contribution >= 0.6 is 0 Å². The summed E-state index contributed by atoms with van der Waals surface area (Å²) >= 11 is 0. The van der Waals surface area contributed by atoms with Crippen LogP contribution in [-0.4, -0.2) is 0 Å². The Morgan fingerprint density at radius 3 is 2.41 bits per heavy atom. The number of nitrogens with two attached hydrogens (primary N) is 1. The van der Waals surface area contributed by atoms with E-state index < -0.39 is 17.7 Å². The molecule has 0 aliphatic heterocycles. The van der Waals surface area contributed by atoms with Crippen LogP contribution in [0.5, 0.6) is 0 Å². The van der Waals surface area contributed by atoms with E-state index in [1.54, 1.807) is 26.0 Å². The molecule has 0 radical (unpaired) electrons. The van der Waals surface area contributed by atoms with Crippen molar-refractivity contribution in [2.75, 3.05) is 0 Å². The standard InChI is InChI=1S/C13H13F2NO/c1-7-3-5-9(14)11(12(7)15)13(16)10-6-4-8(2)17-10/h3-6,13H,16H2,1-2H3. The molecule has 0 spiro atoms. The summed E-state index contributed by atoms with van der Waals surface area (Å²) in [4.78, 5) is 0. The maximum Gasteiger partial charge on any atom is 0.134 e. The number of hydrogen-bond donors (Lipinski definition) is 1. The Morgan fingerprint density at radius 2 is 1.82 bits per heavy atom. The van der Waals surface area contributed by atoms with Crippen LogP contribution in [0.2, 0.25) is 0 Å². The van der Waals surface area contributed by atoms with E-state index in [1.165, 1.54) is 12.1 Å². The fourth-order valence-corrected chi connectivity index (χ4v) is 1.73. The van der Waals surface area contributed by atoms with Gasteiger partial charge in [0.2, 0.25) is 0 Å². The Kier molecular flexibility index (Phi) is 2.98. The predicted octanol–water partition coefficient (Wildman–Crippen LogP) is 3.22. The molecule has 17 heavy (non-hydrogen) atoms. The molecule has 1 heterocycles. The van der Waals surface area contributed by atoms with Gasteiger partial charge in [-0.05, 0) is 37.6 Å². The van der Waals surface area contributed by atoms with Gasteiger partial charge in [0.1, 0.15) is 23.2 Å². The average Bonchev–Trinajstić information content (AvgIpc) is 2.71. The number of hydrogen-bond acceptors (Lipinski definition) is 2. The molecule has 1 unspecified atom stereocenters. The number of aryl methyl sites for hydroxylation is 2. The molecule has 0 bridgehead atoms. The van der Waals surface area contributed by atoms with Crippen LogP contribution in [0, 0.1) is 25.5 Å². The Hall–Kier alpha value is -1.68. The van der Waals surface area contributed by atoms with E-state index in [2.05, 4.69) is 0 Å². The second-order valence-corrected chi connectivity index (χ2v) is 4.02. The fraction of sp³-hybridized carbons (Fsp3) is 0.231. The summed E-state index contributed by atoms with van der Waals surface area (Å²) in [5.41, 5.74) is 6.03. The molecule has 4 heteroatoms. The van der Waals surface area contributed by atoms with Crippen molar-refractivity contribution in [3.05, 3.63) is 58.5 Å². The van der Waals surface area contributed by atoms with Gasteiger partial charge in [0, 0.05) is 5.56 Å². The SMILES string of the molecule is Cc1ccc(C(N)c2c(F)ccc(C)c2F)o1. The highest BCUT2D eigenvalue weighted by molar-refractivity contribution is 5.33. The van der Waals surface area contributed by atoms with Crippen LogP contribution < -0.4 is 5.73 Å². The molecule has 0 fully saturated rings. The second-order valence-electron chi connectivity index (χ2n) is 4.02. The summed E-state index contributed by atoms with van der Waals surface area (Å²) in [7, 11) is 0. The zero-order chi connectivity index (χ0) is 12.6. The van der Waals surface area contributed by atoms with Gasteiger partial charge in [0.15, 0.2) is 0 Å². The molecule has 2 rings (SSSR count). The third kappa shape index (κ3) is 2.08. The molecule has 90 valence electrons. The first-order valence-electron chi connectivity index (χ1n) is 5.27. The molecule has 0 saturated heterocycles. The molecule has 0 saturated carbocycles. The minimum Gasteiger partial charge on any atom is -0.464 e. The Bertz CT molecular complexity index is 548. The molecule has 2 nitrogen and oxygen atoms in total. The van der Waals surface area contributed by atoms with Gasteiger partial charge in [-0.2, -0.15) is 0 Å². The highest BCUT2D eigenvalue weighted by atomic mass is 19.1. The molecule has 2 aromatic rings. The fourth-order valence-electron chi connectivity index (χ4n) is 1.73. The van der Waals surface area contributed by atoms with Gasteiger partial charge < -0.3 is 10.2 Å². The smallest absolute Gasteiger partial charge is 0.134 e. The molecule has 0 aliphatic rings. The summed E-state index contributed by atoms with van der Waals surface area (Å²) in [5, 5.41) is 0. The van der Waals surface area contributed by atoms with Gasteiger partial charge in [-0.1, -0.05) is 6.07 Å². The van der Waals surface area contributed by atoms with E-state index in [0.29, 0.717) is 17.1 Å². The van der Waals surface area contributed by atoms with Crippen LogP contribution in [0.15, 0.2) is 28.7 Å². The van der Waals surface area contributed by atoms with Crippen LogP contribution in [0.1, 0.15) is 28.7 Å². The molecular formula is C13H13F2NO. The third-order valence-electron chi connectivity index (χ3n) is 2.70. The minimum atomic E-state index is -0.927. The van der Waals surface area contributed by atoms with E-state index in [-0.39, 0.29) is 5.56 Å². The lowest BCUT2D eigenvalue weighted by atomic mass is 10.0. The quantitative estimate of drug-likeness (QED) is 0.871. The Balaban J connectivity index is 2.50. The molecular weight excluding hydrogens is 224 g/mol. The number of benzene rings is 1. The Morgan fingerprint density at radius 1 is 1.12 bits per heavy atom. The van der Waals surface area contributed by atoms with E-state index in [1.807, 2.05) is 0 Å². The van der Waals surface area contributed by atoms with Crippen LogP contribution in [0.4, 0.5) is 8.78 Å². The Labute approximate surface area is 98.0 Å². The lowest BCUT2D eigenvalue weighted by Crippen LogP contribution is -2.15. The summed E-state index contributed by atoms with van der Waals surface area (Å²) in [6, 6.07) is 5.00. The van der Waals surface area contributed by atoms with Crippen molar-refractivity contribution in [2.45, 2.75) is 19.9 Å². The van der Waals surface area contributed by atoms with Gasteiger partial charge in [0.25, 0.3) is 0 Å². The highest BCUT2D eigenvalue weighted by Gasteiger charge is 2.22. The maximum absolute atomic E-state index is 13.8. The van der Waals surface area contributed by atoms with Crippen LogP contribution in [-0.2, 0) is 0 Å². The van der Waals surface area contributed by atoms with Crippen molar-refractivity contribution >= 4 is 0 Å². The zero-order valence-electron chi connectivity index (χ0n) is 9.63. The van der Waals surface area contributed by atoms with Gasteiger partial charge in [0.05, 0.1) is 6.04 Å². The number of rotatable bonds is 2. The first kappa shape index (κ1) is 11.8. The predicted molar refractivity (Wildman–Crippen MR) is 60.6 cm³/mol. The van der Waals surface area contributed by atoms with Crippen molar-refractivity contribution in [1.82, 2.24) is 0 Å². The van der Waals surface area contributed by atoms with Crippen molar-refractivity contribution in [1.29, 1.82) is 0 Å². The van der Waals surface area contributed by atoms with E-state index >= 15 is 0 Å². The minimum absolute atomic E-state index is 0.153. The lowest BCUT2D eigenvalue weighted by Gasteiger charge is -2.13. The average molecular weight is 237 g/mol. The van der Waals surface area contributed by atoms with Crippen LogP contribution in [0.25, 0.3) is 0 Å². The first-order valence-corrected chi connectivity index (χ1v) is 5.27. The van der Waals surface area contributed by atoms with E-state index in [9.17, 15) is 8.78 Å².